The maximum atomic E-state index is 13.0. The average molecular weight is 324 g/mol. The fraction of sp³-hybridized carbons (Fsp3) is 0.368. The predicted octanol–water partition coefficient (Wildman–Crippen LogP) is 4.52. The van der Waals surface area contributed by atoms with Gasteiger partial charge >= 0.3 is 0 Å². The summed E-state index contributed by atoms with van der Waals surface area (Å²) >= 11 is 1.65. The van der Waals surface area contributed by atoms with E-state index in [1.54, 1.807) is 11.3 Å². The van der Waals surface area contributed by atoms with Crippen LogP contribution in [-0.2, 0) is 10.2 Å². The van der Waals surface area contributed by atoms with E-state index in [2.05, 4.69) is 48.4 Å². The zero-order chi connectivity index (χ0) is 16.0. The minimum absolute atomic E-state index is 0.288. The highest BCUT2D eigenvalue weighted by Gasteiger charge is 2.48. The maximum absolute atomic E-state index is 13.0. The quantitative estimate of drug-likeness (QED) is 0.883. The molecule has 4 rings (SSSR count). The lowest BCUT2D eigenvalue weighted by molar-refractivity contribution is -0.117. The first-order valence-electron chi connectivity index (χ1n) is 8.20. The van der Waals surface area contributed by atoms with Gasteiger partial charge in [0, 0.05) is 17.7 Å². The number of hydrogen-bond donors (Lipinski definition) is 1. The third-order valence-corrected chi connectivity index (χ3v) is 6.10. The fourth-order valence-electron chi connectivity index (χ4n) is 4.15. The first-order chi connectivity index (χ1) is 11.2. The number of nitrogens with zero attached hydrogens (tertiary/aromatic N) is 1. The molecule has 0 bridgehead atoms. The summed E-state index contributed by atoms with van der Waals surface area (Å²) in [6.07, 6.45) is 2.43. The molecule has 4 heteroatoms. The van der Waals surface area contributed by atoms with Crippen LogP contribution in [0.4, 0.5) is 5.82 Å². The van der Waals surface area contributed by atoms with Crippen LogP contribution < -0.4 is 5.32 Å². The number of rotatable bonds is 2. The van der Waals surface area contributed by atoms with E-state index in [0.717, 1.165) is 29.9 Å². The minimum atomic E-state index is -0.352. The lowest BCUT2D eigenvalue weighted by atomic mass is 9.64. The Bertz CT molecular complexity index is 793. The highest BCUT2D eigenvalue weighted by molar-refractivity contribution is 7.10. The molecule has 0 saturated carbocycles. The number of fused-ring (bicyclic) bond motifs is 1. The number of aromatic nitrogens is 1. The normalized spacial score (nSPS) is 26.5. The molecule has 2 aliphatic rings. The Morgan fingerprint density at radius 3 is 2.83 bits per heavy atom. The van der Waals surface area contributed by atoms with Crippen LogP contribution in [0.2, 0.25) is 0 Å². The number of thiazole rings is 1. The topological polar surface area (TPSA) is 42.0 Å². The van der Waals surface area contributed by atoms with Crippen LogP contribution in [0.25, 0.3) is 0 Å². The van der Waals surface area contributed by atoms with E-state index in [9.17, 15) is 4.79 Å². The van der Waals surface area contributed by atoms with Gasteiger partial charge < -0.3 is 5.32 Å². The molecule has 2 heterocycles. The summed E-state index contributed by atoms with van der Waals surface area (Å²) in [4.78, 5) is 18.7. The Morgan fingerprint density at radius 1 is 1.30 bits per heavy atom. The molecule has 3 nitrogen and oxygen atoms in total. The zero-order valence-corrected chi connectivity index (χ0v) is 14.2. The second-order valence-corrected chi connectivity index (χ2v) is 7.42. The van der Waals surface area contributed by atoms with Gasteiger partial charge in [0.05, 0.1) is 15.8 Å². The molecule has 2 atom stereocenters. The Labute approximate surface area is 140 Å². The van der Waals surface area contributed by atoms with Crippen LogP contribution in [0.5, 0.6) is 0 Å². The lowest BCUT2D eigenvalue weighted by Crippen LogP contribution is -2.41. The van der Waals surface area contributed by atoms with Crippen molar-refractivity contribution in [2.45, 2.75) is 38.5 Å². The van der Waals surface area contributed by atoms with Gasteiger partial charge in [-0.3, -0.25) is 4.79 Å². The number of allylic oxidation sites excluding steroid dienone is 2. The molecule has 0 radical (unpaired) electrons. The van der Waals surface area contributed by atoms with Gasteiger partial charge in [0.25, 0.3) is 0 Å². The van der Waals surface area contributed by atoms with Crippen molar-refractivity contribution < 1.29 is 4.79 Å². The van der Waals surface area contributed by atoms with Gasteiger partial charge in [0.1, 0.15) is 5.82 Å². The molecule has 0 fully saturated rings. The van der Waals surface area contributed by atoms with E-state index in [0.29, 0.717) is 12.3 Å². The van der Waals surface area contributed by atoms with Crippen LogP contribution in [-0.4, -0.2) is 10.8 Å². The van der Waals surface area contributed by atoms with E-state index in [-0.39, 0.29) is 11.2 Å². The highest BCUT2D eigenvalue weighted by atomic mass is 32.1. The number of nitrogens with one attached hydrogen (secondary N) is 1. The number of ketones is 1. The molecule has 1 aromatic carbocycles. The van der Waals surface area contributed by atoms with Crippen molar-refractivity contribution in [1.29, 1.82) is 0 Å². The van der Waals surface area contributed by atoms with E-state index in [1.165, 1.54) is 10.4 Å². The SMILES string of the molecule is CC[C@]1(c2ccccc2)C2=C(C[C@H](C)CC2=O)Nc2ncsc21. The lowest BCUT2D eigenvalue weighted by Gasteiger charge is -2.42. The monoisotopic (exact) mass is 324 g/mol. The standard InChI is InChI=1S/C19H20N2OS/c1-3-19(13-7-5-4-6-8-13)16-14(9-12(2)10-15(16)22)21-18-17(19)23-11-20-18/h4-8,11-12,21H,3,9-10H2,1-2H3/t12-,19-/m0/s1. The molecule has 1 aromatic heterocycles. The number of carbonyl (C=O) groups is 1. The molecule has 0 saturated heterocycles. The molecular formula is C19H20N2OS. The van der Waals surface area contributed by atoms with Crippen molar-refractivity contribution in [3.8, 4) is 0 Å². The second kappa shape index (κ2) is 5.31. The van der Waals surface area contributed by atoms with Crippen molar-refractivity contribution in [1.82, 2.24) is 4.98 Å². The van der Waals surface area contributed by atoms with Crippen molar-refractivity contribution in [2.24, 2.45) is 5.92 Å². The van der Waals surface area contributed by atoms with Gasteiger partial charge in [-0.2, -0.15) is 0 Å². The predicted molar refractivity (Wildman–Crippen MR) is 93.7 cm³/mol. The van der Waals surface area contributed by atoms with Gasteiger partial charge in [0.2, 0.25) is 0 Å². The van der Waals surface area contributed by atoms with E-state index >= 15 is 0 Å². The molecule has 1 aliphatic carbocycles. The van der Waals surface area contributed by atoms with Gasteiger partial charge in [-0.15, -0.1) is 11.3 Å². The number of hydrogen-bond acceptors (Lipinski definition) is 4. The summed E-state index contributed by atoms with van der Waals surface area (Å²) < 4.78 is 0. The Balaban J connectivity index is 2.03. The van der Waals surface area contributed by atoms with Crippen LogP contribution in [0.3, 0.4) is 0 Å². The summed E-state index contributed by atoms with van der Waals surface area (Å²) in [5.41, 5.74) is 4.79. The van der Waals surface area contributed by atoms with Gasteiger partial charge in [-0.25, -0.2) is 4.98 Å². The smallest absolute Gasteiger partial charge is 0.162 e. The zero-order valence-electron chi connectivity index (χ0n) is 13.4. The molecule has 23 heavy (non-hydrogen) atoms. The summed E-state index contributed by atoms with van der Waals surface area (Å²) in [5.74, 6) is 1.61. The van der Waals surface area contributed by atoms with Crippen molar-refractivity contribution in [2.75, 3.05) is 5.32 Å². The van der Waals surface area contributed by atoms with Crippen molar-refractivity contribution in [3.05, 3.63) is 57.6 Å². The van der Waals surface area contributed by atoms with Gasteiger partial charge in [-0.05, 0) is 24.3 Å². The summed E-state index contributed by atoms with van der Waals surface area (Å²) in [6, 6.07) is 10.4. The molecule has 0 unspecified atom stereocenters. The van der Waals surface area contributed by atoms with E-state index in [1.807, 2.05) is 11.6 Å². The summed E-state index contributed by atoms with van der Waals surface area (Å²) in [7, 11) is 0. The summed E-state index contributed by atoms with van der Waals surface area (Å²) in [6.45, 7) is 4.33. The highest BCUT2D eigenvalue weighted by Crippen LogP contribution is 2.53. The first-order valence-corrected chi connectivity index (χ1v) is 9.08. The van der Waals surface area contributed by atoms with Crippen LogP contribution >= 0.6 is 11.3 Å². The second-order valence-electron chi connectivity index (χ2n) is 6.57. The minimum Gasteiger partial charge on any atom is -0.342 e. The average Bonchev–Trinajstić information content (AvgIpc) is 3.02. The molecule has 1 aliphatic heterocycles. The number of anilines is 1. The largest absolute Gasteiger partial charge is 0.342 e. The Kier molecular flexibility index (Phi) is 3.38. The molecule has 0 spiro atoms. The first kappa shape index (κ1) is 14.6. The van der Waals surface area contributed by atoms with Crippen molar-refractivity contribution >= 4 is 22.9 Å². The van der Waals surface area contributed by atoms with Crippen molar-refractivity contribution in [3.63, 3.8) is 0 Å². The Hall–Kier alpha value is -1.94. The maximum Gasteiger partial charge on any atom is 0.162 e. The number of benzene rings is 1. The van der Waals surface area contributed by atoms with Crippen LogP contribution in [0.15, 0.2) is 47.1 Å². The van der Waals surface area contributed by atoms with Gasteiger partial charge in [0.15, 0.2) is 5.78 Å². The third-order valence-electron chi connectivity index (χ3n) is 5.12. The fourth-order valence-corrected chi connectivity index (χ4v) is 5.20. The molecule has 2 aromatic rings. The molecule has 1 N–H and O–H groups in total. The van der Waals surface area contributed by atoms with Crippen LogP contribution in [0.1, 0.15) is 43.6 Å². The van der Waals surface area contributed by atoms with E-state index in [4.69, 9.17) is 0 Å². The molecular weight excluding hydrogens is 304 g/mol. The molecule has 118 valence electrons. The van der Waals surface area contributed by atoms with E-state index < -0.39 is 0 Å². The summed E-state index contributed by atoms with van der Waals surface area (Å²) in [5, 5.41) is 3.46. The Morgan fingerprint density at radius 2 is 2.09 bits per heavy atom. The van der Waals surface area contributed by atoms with Gasteiger partial charge in [-0.1, -0.05) is 44.2 Å². The van der Waals surface area contributed by atoms with Crippen LogP contribution in [0, 0.1) is 5.92 Å². The third kappa shape index (κ3) is 2.01. The number of Topliss-reactive ketones (excluding diaryl/α,β-unsaturated/α-hetero) is 1. The molecule has 0 amide bonds. The number of carbonyl (C=O) groups excluding carboxylic acids is 1.